The minimum atomic E-state index is -6.58. The lowest BCUT2D eigenvalue weighted by Gasteiger charge is -2.39. The molecule has 0 spiro atoms. The molecule has 0 aromatic heterocycles. The Kier molecular flexibility index (Phi) is 8.79. The van der Waals surface area contributed by atoms with Gasteiger partial charge >= 0.3 is 24.7 Å². The van der Waals surface area contributed by atoms with Gasteiger partial charge in [-0.15, -0.1) is 0 Å². The molecule has 2 aromatic carbocycles. The van der Waals surface area contributed by atoms with Crippen LogP contribution in [0, 0.1) is 0 Å². The Morgan fingerprint density at radius 3 is 1.08 bits per heavy atom. The van der Waals surface area contributed by atoms with Crippen LogP contribution in [0.25, 0.3) is 0 Å². The Morgan fingerprint density at radius 2 is 0.872 bits per heavy atom. The van der Waals surface area contributed by atoms with Crippen molar-refractivity contribution in [2.75, 3.05) is 10.6 Å². The van der Waals surface area contributed by atoms with Gasteiger partial charge in [0.05, 0.1) is 22.5 Å². The number of anilines is 2. The molecule has 0 fully saturated rings. The number of hydrogen-bond donors (Lipinski definition) is 2. The number of nitrogens with one attached hydrogen (secondary N) is 2. The Balaban J connectivity index is 3.22. The summed E-state index contributed by atoms with van der Waals surface area (Å²) in [5.74, 6) is -2.33. The standard InChI is InChI=1S/C21H12Br2F12N2O2/c1-7(38)36-15-11(18(24,25)26)3-9(5-13(15)22)17(20(30,31)32,21(33,34)35)10-4-12(19(27,28)29)16(14(23)6-10)37-8(2)39/h3-6H,1-2H3,(H,36,38)(H,37,39). The van der Waals surface area contributed by atoms with Crippen LogP contribution in [0.3, 0.4) is 0 Å². The van der Waals surface area contributed by atoms with E-state index < -0.39 is 96.6 Å². The maximum absolute atomic E-state index is 14.5. The van der Waals surface area contributed by atoms with E-state index in [2.05, 4.69) is 31.9 Å². The van der Waals surface area contributed by atoms with Gasteiger partial charge in [-0.3, -0.25) is 9.59 Å². The molecule has 18 heteroatoms. The third-order valence-corrected chi connectivity index (χ3v) is 6.36. The SMILES string of the molecule is CC(=O)Nc1c(Br)cc(C(c2cc(Br)c(NC(C)=O)c(C(F)(F)F)c2)(C(F)(F)F)C(F)(F)F)cc1C(F)(F)F. The van der Waals surface area contributed by atoms with Gasteiger partial charge in [0.1, 0.15) is 0 Å². The van der Waals surface area contributed by atoms with Crippen LogP contribution >= 0.6 is 31.9 Å². The predicted molar refractivity (Wildman–Crippen MR) is 120 cm³/mol. The number of amides is 2. The molecule has 0 radical (unpaired) electrons. The zero-order valence-corrected chi connectivity index (χ0v) is 22.1. The molecule has 0 aliphatic carbocycles. The van der Waals surface area contributed by atoms with Crippen molar-refractivity contribution in [1.82, 2.24) is 0 Å². The van der Waals surface area contributed by atoms with Gasteiger partial charge in [0.15, 0.2) is 0 Å². The van der Waals surface area contributed by atoms with Crippen LogP contribution in [0.5, 0.6) is 0 Å². The zero-order chi connectivity index (χ0) is 30.5. The first-order valence-corrected chi connectivity index (χ1v) is 11.4. The molecule has 39 heavy (non-hydrogen) atoms. The molecule has 0 atom stereocenters. The summed E-state index contributed by atoms with van der Waals surface area (Å²) < 4.78 is 168. The molecule has 0 heterocycles. The summed E-state index contributed by atoms with van der Waals surface area (Å²) in [6, 6.07) is -1.19. The molecule has 0 unspecified atom stereocenters. The highest BCUT2D eigenvalue weighted by molar-refractivity contribution is 9.11. The van der Waals surface area contributed by atoms with Crippen LogP contribution in [-0.4, -0.2) is 24.2 Å². The largest absolute Gasteiger partial charge is 0.418 e. The Bertz CT molecular complexity index is 1200. The van der Waals surface area contributed by atoms with E-state index in [0.717, 1.165) is 0 Å². The summed E-state index contributed by atoms with van der Waals surface area (Å²) >= 11 is 4.86. The van der Waals surface area contributed by atoms with E-state index in [1.54, 1.807) is 10.6 Å². The molecular weight excluding hydrogens is 700 g/mol. The van der Waals surface area contributed by atoms with Crippen molar-refractivity contribution in [3.8, 4) is 0 Å². The van der Waals surface area contributed by atoms with E-state index in [9.17, 15) is 62.3 Å². The maximum Gasteiger partial charge on any atom is 0.418 e. The Labute approximate surface area is 227 Å². The van der Waals surface area contributed by atoms with Crippen molar-refractivity contribution in [1.29, 1.82) is 0 Å². The lowest BCUT2D eigenvalue weighted by atomic mass is 9.72. The minimum absolute atomic E-state index is 0.0373. The lowest BCUT2D eigenvalue weighted by Crippen LogP contribution is -2.55. The van der Waals surface area contributed by atoms with Crippen LogP contribution in [0.4, 0.5) is 64.1 Å². The molecule has 2 rings (SSSR count). The molecule has 2 N–H and O–H groups in total. The molecule has 0 saturated carbocycles. The normalized spacial score (nSPS) is 13.3. The average molecular weight is 712 g/mol. The first-order chi connectivity index (χ1) is 17.4. The van der Waals surface area contributed by atoms with Crippen molar-refractivity contribution >= 4 is 55.0 Å². The van der Waals surface area contributed by atoms with Crippen molar-refractivity contribution < 1.29 is 62.3 Å². The predicted octanol–water partition coefficient (Wildman–Crippen LogP) is 8.58. The van der Waals surface area contributed by atoms with E-state index in [-0.39, 0.29) is 12.1 Å². The van der Waals surface area contributed by atoms with Gasteiger partial charge in [0, 0.05) is 22.8 Å². The second-order valence-electron chi connectivity index (χ2n) is 7.86. The first kappa shape index (κ1) is 32.7. The van der Waals surface area contributed by atoms with Gasteiger partial charge < -0.3 is 10.6 Å². The van der Waals surface area contributed by atoms with Gasteiger partial charge in [-0.1, -0.05) is 0 Å². The summed E-state index contributed by atoms with van der Waals surface area (Å²) in [5.41, 5.74) is -16.5. The summed E-state index contributed by atoms with van der Waals surface area (Å²) in [5, 5.41) is 3.29. The maximum atomic E-state index is 14.5. The third kappa shape index (κ3) is 6.30. The smallest absolute Gasteiger partial charge is 0.325 e. The van der Waals surface area contributed by atoms with Gasteiger partial charge in [0.2, 0.25) is 17.2 Å². The number of halogens is 14. The molecule has 0 saturated heterocycles. The molecule has 2 aromatic rings. The van der Waals surface area contributed by atoms with Gasteiger partial charge in [0.25, 0.3) is 0 Å². The van der Waals surface area contributed by atoms with Crippen molar-refractivity contribution in [2.24, 2.45) is 0 Å². The van der Waals surface area contributed by atoms with Gasteiger partial charge in [-0.25, -0.2) is 0 Å². The quantitative estimate of drug-likeness (QED) is 0.313. The molecular formula is C21H12Br2F12N2O2. The van der Waals surface area contributed by atoms with E-state index in [4.69, 9.17) is 0 Å². The minimum Gasteiger partial charge on any atom is -0.325 e. The second kappa shape index (κ2) is 10.5. The van der Waals surface area contributed by atoms with Crippen molar-refractivity contribution in [3.63, 3.8) is 0 Å². The van der Waals surface area contributed by atoms with Crippen molar-refractivity contribution in [3.05, 3.63) is 55.5 Å². The molecule has 4 nitrogen and oxygen atoms in total. The summed E-state index contributed by atoms with van der Waals surface area (Å²) in [4.78, 5) is 22.7. The van der Waals surface area contributed by atoms with Gasteiger partial charge in [-0.05, 0) is 67.3 Å². The molecule has 216 valence electrons. The Hall–Kier alpha value is -2.50. The highest BCUT2D eigenvalue weighted by Gasteiger charge is 2.73. The van der Waals surface area contributed by atoms with Crippen molar-refractivity contribution in [2.45, 2.75) is 44.0 Å². The van der Waals surface area contributed by atoms with Crippen LogP contribution in [0.2, 0.25) is 0 Å². The molecule has 2 amide bonds. The fourth-order valence-electron chi connectivity index (χ4n) is 3.68. The highest BCUT2D eigenvalue weighted by atomic mass is 79.9. The van der Waals surface area contributed by atoms with Crippen LogP contribution in [-0.2, 0) is 27.4 Å². The Morgan fingerprint density at radius 1 is 0.590 bits per heavy atom. The molecule has 0 aliphatic rings. The number of carbonyl (C=O) groups is 2. The number of rotatable bonds is 4. The topological polar surface area (TPSA) is 58.2 Å². The van der Waals surface area contributed by atoms with Crippen LogP contribution in [0.15, 0.2) is 33.2 Å². The average Bonchev–Trinajstić information content (AvgIpc) is 2.67. The first-order valence-electron chi connectivity index (χ1n) is 9.86. The molecule has 0 bridgehead atoms. The molecule has 0 aliphatic heterocycles. The van der Waals surface area contributed by atoms with E-state index in [0.29, 0.717) is 13.8 Å². The number of benzene rings is 2. The van der Waals surface area contributed by atoms with E-state index in [1.807, 2.05) is 0 Å². The number of hydrogen-bond acceptors (Lipinski definition) is 2. The summed E-state index contributed by atoms with van der Waals surface area (Å²) in [6.45, 7) is 1.42. The van der Waals surface area contributed by atoms with Crippen LogP contribution in [0.1, 0.15) is 36.1 Å². The monoisotopic (exact) mass is 710 g/mol. The van der Waals surface area contributed by atoms with Gasteiger partial charge in [-0.2, -0.15) is 52.7 Å². The zero-order valence-electron chi connectivity index (χ0n) is 18.9. The third-order valence-electron chi connectivity index (χ3n) is 5.11. The highest BCUT2D eigenvalue weighted by Crippen LogP contribution is 2.59. The van der Waals surface area contributed by atoms with E-state index >= 15 is 0 Å². The lowest BCUT2D eigenvalue weighted by molar-refractivity contribution is -0.288. The summed E-state index contributed by atoms with van der Waals surface area (Å²) in [6.07, 6.45) is -24.4. The second-order valence-corrected chi connectivity index (χ2v) is 9.57. The number of alkyl halides is 12. The van der Waals surface area contributed by atoms with E-state index in [1.165, 1.54) is 0 Å². The fourth-order valence-corrected chi connectivity index (χ4v) is 4.80. The fraction of sp³-hybridized carbons (Fsp3) is 0.333. The summed E-state index contributed by atoms with van der Waals surface area (Å²) in [7, 11) is 0. The number of carbonyl (C=O) groups excluding carboxylic acids is 2. The van der Waals surface area contributed by atoms with Crippen LogP contribution < -0.4 is 10.6 Å².